The van der Waals surface area contributed by atoms with Crippen LogP contribution in [0.4, 0.5) is 0 Å². The summed E-state index contributed by atoms with van der Waals surface area (Å²) in [6.45, 7) is 0.318. The third-order valence-electron chi connectivity index (χ3n) is 3.65. The highest BCUT2D eigenvalue weighted by atomic mass is 35.5. The summed E-state index contributed by atoms with van der Waals surface area (Å²) in [5.74, 6) is -0.275. The fourth-order valence-corrected chi connectivity index (χ4v) is 2.57. The number of nitrogens with one attached hydrogen (secondary N) is 2. The summed E-state index contributed by atoms with van der Waals surface area (Å²) in [5, 5.41) is 3.41. The molecule has 0 saturated heterocycles. The van der Waals surface area contributed by atoms with Gasteiger partial charge in [0.05, 0.1) is 5.56 Å². The second-order valence-corrected chi connectivity index (χ2v) is 5.68. The monoisotopic (exact) mass is 338 g/mol. The Kier molecular flexibility index (Phi) is 4.77. The van der Waals surface area contributed by atoms with Gasteiger partial charge < -0.3 is 10.3 Å². The van der Waals surface area contributed by atoms with Crippen LogP contribution in [0.25, 0.3) is 11.1 Å². The van der Waals surface area contributed by atoms with Crippen LogP contribution < -0.4 is 10.9 Å². The topological polar surface area (TPSA) is 62.0 Å². The molecule has 2 N–H and O–H groups in total. The van der Waals surface area contributed by atoms with Crippen molar-refractivity contribution in [2.24, 2.45) is 0 Å². The Hall–Kier alpha value is -2.85. The predicted octanol–water partition coefficient (Wildman–Crippen LogP) is 3.63. The van der Waals surface area contributed by atoms with E-state index in [2.05, 4.69) is 10.3 Å². The second kappa shape index (κ2) is 7.15. The molecule has 0 atom stereocenters. The SMILES string of the molecule is O=C(NCc1ccccc1Cl)c1c[nH]c(=O)c(-c2ccccc2)c1. The summed E-state index contributed by atoms with van der Waals surface area (Å²) in [5.41, 5.74) is 2.21. The van der Waals surface area contributed by atoms with E-state index in [9.17, 15) is 9.59 Å². The van der Waals surface area contributed by atoms with Crippen molar-refractivity contribution in [2.75, 3.05) is 0 Å². The lowest BCUT2D eigenvalue weighted by molar-refractivity contribution is 0.0950. The van der Waals surface area contributed by atoms with Gasteiger partial charge in [-0.2, -0.15) is 0 Å². The number of halogens is 1. The summed E-state index contributed by atoms with van der Waals surface area (Å²) in [6.07, 6.45) is 1.41. The van der Waals surface area contributed by atoms with Crippen LogP contribution in [0.3, 0.4) is 0 Å². The normalized spacial score (nSPS) is 10.4. The summed E-state index contributed by atoms with van der Waals surface area (Å²) < 4.78 is 0. The van der Waals surface area contributed by atoms with Gasteiger partial charge in [0.25, 0.3) is 11.5 Å². The fourth-order valence-electron chi connectivity index (χ4n) is 2.37. The van der Waals surface area contributed by atoms with Gasteiger partial charge in [-0.1, -0.05) is 60.1 Å². The molecular weight excluding hydrogens is 324 g/mol. The van der Waals surface area contributed by atoms with E-state index in [1.54, 1.807) is 12.1 Å². The molecule has 24 heavy (non-hydrogen) atoms. The minimum atomic E-state index is -0.275. The zero-order chi connectivity index (χ0) is 16.9. The van der Waals surface area contributed by atoms with E-state index in [1.807, 2.05) is 48.5 Å². The van der Waals surface area contributed by atoms with Crippen molar-refractivity contribution >= 4 is 17.5 Å². The van der Waals surface area contributed by atoms with Gasteiger partial charge in [-0.3, -0.25) is 9.59 Å². The van der Waals surface area contributed by atoms with Crippen LogP contribution in [0.5, 0.6) is 0 Å². The molecule has 2 aromatic carbocycles. The molecule has 0 spiro atoms. The lowest BCUT2D eigenvalue weighted by Gasteiger charge is -2.08. The Morgan fingerprint density at radius 2 is 1.75 bits per heavy atom. The van der Waals surface area contributed by atoms with Crippen molar-refractivity contribution < 1.29 is 4.79 Å². The maximum absolute atomic E-state index is 12.3. The quantitative estimate of drug-likeness (QED) is 0.763. The Morgan fingerprint density at radius 1 is 1.04 bits per heavy atom. The Morgan fingerprint density at radius 3 is 2.50 bits per heavy atom. The van der Waals surface area contributed by atoms with Gasteiger partial charge in [0.15, 0.2) is 0 Å². The molecule has 3 aromatic rings. The van der Waals surface area contributed by atoms with Crippen LogP contribution in [0.2, 0.25) is 5.02 Å². The van der Waals surface area contributed by atoms with Crippen molar-refractivity contribution in [3.05, 3.63) is 93.4 Å². The van der Waals surface area contributed by atoms with Crippen LogP contribution >= 0.6 is 11.6 Å². The van der Waals surface area contributed by atoms with Crippen LogP contribution in [-0.2, 0) is 6.54 Å². The number of hydrogen-bond donors (Lipinski definition) is 2. The molecule has 4 nitrogen and oxygen atoms in total. The minimum absolute atomic E-state index is 0.233. The van der Waals surface area contributed by atoms with Gasteiger partial charge in [0.2, 0.25) is 0 Å². The molecule has 1 heterocycles. The largest absolute Gasteiger partial charge is 0.348 e. The predicted molar refractivity (Wildman–Crippen MR) is 95.1 cm³/mol. The molecule has 1 amide bonds. The lowest BCUT2D eigenvalue weighted by Crippen LogP contribution is -2.24. The molecule has 120 valence electrons. The number of hydrogen-bond acceptors (Lipinski definition) is 2. The van der Waals surface area contributed by atoms with Gasteiger partial charge in [0.1, 0.15) is 0 Å². The Bertz CT molecular complexity index is 920. The molecule has 3 rings (SSSR count). The van der Waals surface area contributed by atoms with Crippen LogP contribution in [-0.4, -0.2) is 10.9 Å². The molecule has 0 aliphatic carbocycles. The fraction of sp³-hybridized carbons (Fsp3) is 0.0526. The van der Waals surface area contributed by atoms with Gasteiger partial charge in [-0.05, 0) is 23.3 Å². The van der Waals surface area contributed by atoms with Crippen molar-refractivity contribution in [3.8, 4) is 11.1 Å². The van der Waals surface area contributed by atoms with Crippen LogP contribution in [0, 0.1) is 0 Å². The molecule has 0 fully saturated rings. The minimum Gasteiger partial charge on any atom is -0.348 e. The first-order chi connectivity index (χ1) is 11.6. The average Bonchev–Trinajstić information content (AvgIpc) is 2.62. The highest BCUT2D eigenvalue weighted by Gasteiger charge is 2.10. The third kappa shape index (κ3) is 3.55. The molecule has 0 radical (unpaired) electrons. The summed E-state index contributed by atoms with van der Waals surface area (Å²) in [6, 6.07) is 18.1. The van der Waals surface area contributed by atoms with Crippen molar-refractivity contribution in [3.63, 3.8) is 0 Å². The van der Waals surface area contributed by atoms with E-state index in [-0.39, 0.29) is 11.5 Å². The zero-order valence-electron chi connectivity index (χ0n) is 12.8. The molecule has 0 bridgehead atoms. The first kappa shape index (κ1) is 16.0. The van der Waals surface area contributed by atoms with Crippen molar-refractivity contribution in [1.82, 2.24) is 10.3 Å². The molecule has 0 aliphatic rings. The van der Waals surface area contributed by atoms with Gasteiger partial charge in [-0.15, -0.1) is 0 Å². The van der Waals surface area contributed by atoms with E-state index in [1.165, 1.54) is 6.20 Å². The number of rotatable bonds is 4. The summed E-state index contributed by atoms with van der Waals surface area (Å²) in [4.78, 5) is 27.0. The molecule has 0 saturated carbocycles. The molecule has 1 aromatic heterocycles. The number of pyridine rings is 1. The van der Waals surface area contributed by atoms with Crippen LogP contribution in [0.15, 0.2) is 71.7 Å². The molecule has 0 unspecified atom stereocenters. The lowest BCUT2D eigenvalue weighted by atomic mass is 10.1. The number of H-pyrrole nitrogens is 1. The number of amides is 1. The van der Waals surface area contributed by atoms with Gasteiger partial charge in [0, 0.05) is 23.3 Å². The van der Waals surface area contributed by atoms with E-state index >= 15 is 0 Å². The zero-order valence-corrected chi connectivity index (χ0v) is 13.5. The van der Waals surface area contributed by atoms with E-state index in [4.69, 9.17) is 11.6 Å². The smallest absolute Gasteiger partial charge is 0.255 e. The number of carbonyl (C=O) groups excluding carboxylic acids is 1. The first-order valence-corrected chi connectivity index (χ1v) is 7.83. The summed E-state index contributed by atoms with van der Waals surface area (Å²) >= 11 is 6.08. The standard InChI is InChI=1S/C19H15ClN2O2/c20-17-9-5-4-8-14(17)11-21-18(23)15-10-16(19(24)22-12-15)13-6-2-1-3-7-13/h1-10,12H,11H2,(H,21,23)(H,22,24). The van der Waals surface area contributed by atoms with E-state index < -0.39 is 0 Å². The Balaban J connectivity index is 1.81. The molecule has 5 heteroatoms. The molecule has 0 aliphatic heterocycles. The highest BCUT2D eigenvalue weighted by Crippen LogP contribution is 2.16. The van der Waals surface area contributed by atoms with Crippen LogP contribution in [0.1, 0.15) is 15.9 Å². The van der Waals surface area contributed by atoms with E-state index in [0.29, 0.717) is 22.7 Å². The van der Waals surface area contributed by atoms with Gasteiger partial charge in [-0.25, -0.2) is 0 Å². The number of aromatic amines is 1. The number of benzene rings is 2. The highest BCUT2D eigenvalue weighted by molar-refractivity contribution is 6.31. The maximum atomic E-state index is 12.3. The van der Waals surface area contributed by atoms with Gasteiger partial charge >= 0.3 is 0 Å². The van der Waals surface area contributed by atoms with Crippen molar-refractivity contribution in [2.45, 2.75) is 6.54 Å². The average molecular weight is 339 g/mol. The maximum Gasteiger partial charge on any atom is 0.255 e. The van der Waals surface area contributed by atoms with Crippen molar-refractivity contribution in [1.29, 1.82) is 0 Å². The Labute approximate surface area is 144 Å². The first-order valence-electron chi connectivity index (χ1n) is 7.45. The number of carbonyl (C=O) groups is 1. The number of aromatic nitrogens is 1. The third-order valence-corrected chi connectivity index (χ3v) is 4.02. The second-order valence-electron chi connectivity index (χ2n) is 5.27. The molecular formula is C19H15ClN2O2. The van der Waals surface area contributed by atoms with E-state index in [0.717, 1.165) is 11.1 Å². The summed E-state index contributed by atoms with van der Waals surface area (Å²) in [7, 11) is 0.